The monoisotopic (exact) mass is 260 g/mol. The minimum absolute atomic E-state index is 0.0457. The Balaban J connectivity index is 1.94. The van der Waals surface area contributed by atoms with Crippen LogP contribution in [-0.4, -0.2) is 23.4 Å². The average molecular weight is 260 g/mol. The van der Waals surface area contributed by atoms with Crippen LogP contribution < -0.4 is 5.32 Å². The van der Waals surface area contributed by atoms with Gasteiger partial charge in [-0.05, 0) is 30.2 Å². The van der Waals surface area contributed by atoms with Gasteiger partial charge >= 0.3 is 0 Å². The van der Waals surface area contributed by atoms with Crippen molar-refractivity contribution >= 4 is 16.7 Å². The van der Waals surface area contributed by atoms with Gasteiger partial charge in [-0.1, -0.05) is 0 Å². The fourth-order valence-electron chi connectivity index (χ4n) is 2.86. The maximum Gasteiger partial charge on any atom is 0.138 e. The predicted molar refractivity (Wildman–Crippen MR) is 72.6 cm³/mol. The fourth-order valence-corrected chi connectivity index (χ4v) is 2.86. The molecule has 0 spiro atoms. The van der Waals surface area contributed by atoms with E-state index in [0.29, 0.717) is 12.2 Å². The molecule has 2 aromatic rings. The molecule has 1 fully saturated rings. The number of carbonyl (C=O) groups excluding carboxylic acids is 1. The number of rotatable bonds is 2. The number of piperidine rings is 1. The first-order chi connectivity index (χ1) is 9.15. The standard InChI is InChI=1S/C15H17FN2O/c1-18-9-11(6-10-8-17-5-4-15(10)19)13-3-2-12(16)7-14(13)18/h2-3,7,9-10,17H,4-6,8H2,1H3. The van der Waals surface area contributed by atoms with Gasteiger partial charge in [0.25, 0.3) is 0 Å². The lowest BCUT2D eigenvalue weighted by Crippen LogP contribution is -2.37. The SMILES string of the molecule is Cn1cc(CC2CNCCC2=O)c2ccc(F)cc21. The zero-order valence-corrected chi connectivity index (χ0v) is 10.9. The number of aromatic nitrogens is 1. The number of Topliss-reactive ketones (excluding diaryl/α,β-unsaturated/α-hetero) is 1. The van der Waals surface area contributed by atoms with E-state index in [0.717, 1.165) is 36.0 Å². The van der Waals surface area contributed by atoms with Crippen LogP contribution in [-0.2, 0) is 18.3 Å². The van der Waals surface area contributed by atoms with E-state index in [1.165, 1.54) is 6.07 Å². The van der Waals surface area contributed by atoms with Gasteiger partial charge in [0.1, 0.15) is 11.6 Å². The van der Waals surface area contributed by atoms with Crippen molar-refractivity contribution in [1.29, 1.82) is 0 Å². The Morgan fingerprint density at radius 3 is 3.11 bits per heavy atom. The summed E-state index contributed by atoms with van der Waals surface area (Å²) in [5.41, 5.74) is 2.01. The number of nitrogens with one attached hydrogen (secondary N) is 1. The van der Waals surface area contributed by atoms with Gasteiger partial charge < -0.3 is 9.88 Å². The first-order valence-corrected chi connectivity index (χ1v) is 6.62. The quantitative estimate of drug-likeness (QED) is 0.896. The first kappa shape index (κ1) is 12.4. The van der Waals surface area contributed by atoms with Crippen molar-refractivity contribution in [3.05, 3.63) is 35.8 Å². The van der Waals surface area contributed by atoms with Crippen LogP contribution in [0.1, 0.15) is 12.0 Å². The third-order valence-corrected chi connectivity index (χ3v) is 3.90. The zero-order valence-electron chi connectivity index (χ0n) is 10.9. The molecular weight excluding hydrogens is 243 g/mol. The molecule has 2 heterocycles. The summed E-state index contributed by atoms with van der Waals surface area (Å²) in [7, 11) is 1.91. The van der Waals surface area contributed by atoms with Crippen molar-refractivity contribution in [3.63, 3.8) is 0 Å². The Hall–Kier alpha value is -1.68. The predicted octanol–water partition coefficient (Wildman–Crippen LogP) is 2.04. The number of aryl methyl sites for hydroxylation is 1. The van der Waals surface area contributed by atoms with Crippen molar-refractivity contribution in [2.75, 3.05) is 13.1 Å². The summed E-state index contributed by atoms with van der Waals surface area (Å²) in [4.78, 5) is 11.9. The molecule has 1 aromatic heterocycles. The number of fused-ring (bicyclic) bond motifs is 1. The molecule has 1 aromatic carbocycles. The molecule has 0 saturated carbocycles. The average Bonchev–Trinajstić information content (AvgIpc) is 2.69. The Morgan fingerprint density at radius 1 is 1.47 bits per heavy atom. The summed E-state index contributed by atoms with van der Waals surface area (Å²) in [6.07, 6.45) is 3.35. The van der Waals surface area contributed by atoms with Gasteiger partial charge in [0, 0.05) is 44.1 Å². The normalized spacial score (nSPS) is 20.1. The molecule has 0 amide bonds. The first-order valence-electron chi connectivity index (χ1n) is 6.62. The molecule has 1 aliphatic heterocycles. The molecule has 0 bridgehead atoms. The highest BCUT2D eigenvalue weighted by Crippen LogP contribution is 2.25. The minimum Gasteiger partial charge on any atom is -0.350 e. The molecule has 0 aliphatic carbocycles. The number of hydrogen-bond donors (Lipinski definition) is 1. The maximum absolute atomic E-state index is 13.3. The highest BCUT2D eigenvalue weighted by atomic mass is 19.1. The lowest BCUT2D eigenvalue weighted by Gasteiger charge is -2.21. The zero-order chi connectivity index (χ0) is 13.4. The molecule has 3 nitrogen and oxygen atoms in total. The van der Waals surface area contributed by atoms with E-state index >= 15 is 0 Å². The van der Waals surface area contributed by atoms with Gasteiger partial charge in [0.2, 0.25) is 0 Å². The third-order valence-electron chi connectivity index (χ3n) is 3.90. The molecule has 1 saturated heterocycles. The van der Waals surface area contributed by atoms with Crippen LogP contribution in [0.3, 0.4) is 0 Å². The van der Waals surface area contributed by atoms with Gasteiger partial charge in [-0.25, -0.2) is 4.39 Å². The molecule has 100 valence electrons. The molecule has 4 heteroatoms. The van der Waals surface area contributed by atoms with Gasteiger partial charge in [0.15, 0.2) is 0 Å². The van der Waals surface area contributed by atoms with Gasteiger partial charge in [-0.3, -0.25) is 4.79 Å². The number of carbonyl (C=O) groups is 1. The van der Waals surface area contributed by atoms with Crippen LogP contribution in [0, 0.1) is 11.7 Å². The maximum atomic E-state index is 13.3. The molecule has 1 unspecified atom stereocenters. The largest absolute Gasteiger partial charge is 0.350 e. The van der Waals surface area contributed by atoms with Crippen LogP contribution in [0.2, 0.25) is 0 Å². The van der Waals surface area contributed by atoms with E-state index in [2.05, 4.69) is 5.32 Å². The Morgan fingerprint density at radius 2 is 2.32 bits per heavy atom. The Bertz CT molecular complexity index is 632. The molecule has 19 heavy (non-hydrogen) atoms. The summed E-state index contributed by atoms with van der Waals surface area (Å²) in [6, 6.07) is 4.83. The molecule has 1 atom stereocenters. The van der Waals surface area contributed by atoms with Crippen molar-refractivity contribution in [2.45, 2.75) is 12.8 Å². The number of hydrogen-bond acceptors (Lipinski definition) is 2. The van der Waals surface area contributed by atoms with E-state index in [-0.39, 0.29) is 11.7 Å². The second-order valence-electron chi connectivity index (χ2n) is 5.25. The van der Waals surface area contributed by atoms with Crippen LogP contribution in [0.15, 0.2) is 24.4 Å². The Kier molecular flexibility index (Phi) is 3.11. The van der Waals surface area contributed by atoms with E-state index < -0.39 is 0 Å². The minimum atomic E-state index is -0.226. The second kappa shape index (κ2) is 4.78. The Labute approximate surface area is 111 Å². The van der Waals surface area contributed by atoms with Crippen LogP contribution in [0.5, 0.6) is 0 Å². The summed E-state index contributed by atoms with van der Waals surface area (Å²) in [5, 5.41) is 4.31. The second-order valence-corrected chi connectivity index (χ2v) is 5.25. The molecule has 1 aliphatic rings. The highest BCUT2D eigenvalue weighted by Gasteiger charge is 2.23. The van der Waals surface area contributed by atoms with Gasteiger partial charge in [-0.15, -0.1) is 0 Å². The third kappa shape index (κ3) is 2.28. The smallest absolute Gasteiger partial charge is 0.138 e. The van der Waals surface area contributed by atoms with Crippen molar-refractivity contribution in [1.82, 2.24) is 9.88 Å². The van der Waals surface area contributed by atoms with Crippen LogP contribution in [0.25, 0.3) is 10.9 Å². The van der Waals surface area contributed by atoms with E-state index in [9.17, 15) is 9.18 Å². The molecule has 3 rings (SSSR count). The highest BCUT2D eigenvalue weighted by molar-refractivity contribution is 5.86. The molecular formula is C15H17FN2O. The lowest BCUT2D eigenvalue weighted by molar-refractivity contribution is -0.123. The van der Waals surface area contributed by atoms with E-state index in [4.69, 9.17) is 0 Å². The lowest BCUT2D eigenvalue weighted by atomic mass is 9.91. The van der Waals surface area contributed by atoms with E-state index in [1.807, 2.05) is 17.8 Å². The fraction of sp³-hybridized carbons (Fsp3) is 0.400. The number of ketones is 1. The molecule has 0 radical (unpaired) electrons. The van der Waals surface area contributed by atoms with Crippen molar-refractivity contribution in [2.24, 2.45) is 13.0 Å². The summed E-state index contributed by atoms with van der Waals surface area (Å²) >= 11 is 0. The number of benzene rings is 1. The van der Waals surface area contributed by atoms with E-state index in [1.54, 1.807) is 12.1 Å². The van der Waals surface area contributed by atoms with Crippen LogP contribution in [0.4, 0.5) is 4.39 Å². The van der Waals surface area contributed by atoms with Gasteiger partial charge in [0.05, 0.1) is 5.52 Å². The number of nitrogens with zero attached hydrogens (tertiary/aromatic N) is 1. The van der Waals surface area contributed by atoms with Crippen molar-refractivity contribution in [3.8, 4) is 0 Å². The van der Waals surface area contributed by atoms with Crippen molar-refractivity contribution < 1.29 is 9.18 Å². The summed E-state index contributed by atoms with van der Waals surface area (Å²) < 4.78 is 15.2. The van der Waals surface area contributed by atoms with Crippen LogP contribution >= 0.6 is 0 Å². The molecule has 1 N–H and O–H groups in total. The van der Waals surface area contributed by atoms with Gasteiger partial charge in [-0.2, -0.15) is 0 Å². The summed E-state index contributed by atoms with van der Waals surface area (Å²) in [6.45, 7) is 1.53. The summed E-state index contributed by atoms with van der Waals surface area (Å²) in [5.74, 6) is 0.151. The topological polar surface area (TPSA) is 34.0 Å². The number of halogens is 1.